The molecule has 0 atom stereocenters. The number of anilines is 2. The van der Waals surface area contributed by atoms with Gasteiger partial charge in [-0.2, -0.15) is 0 Å². The number of hydrogen-bond donors (Lipinski definition) is 1. The summed E-state index contributed by atoms with van der Waals surface area (Å²) in [5.41, 5.74) is 2.41. The number of carbonyl (C=O) groups is 1. The second-order valence-corrected chi connectivity index (χ2v) is 8.77. The highest BCUT2D eigenvalue weighted by Gasteiger charge is 2.33. The second-order valence-electron chi connectivity index (χ2n) is 6.01. The van der Waals surface area contributed by atoms with Crippen LogP contribution in [0.2, 0.25) is 0 Å². The van der Waals surface area contributed by atoms with Gasteiger partial charge in [0.25, 0.3) is 15.9 Å². The number of hydrogen-bond acceptors (Lipinski definition) is 5. The summed E-state index contributed by atoms with van der Waals surface area (Å²) in [6, 6.07) is 9.33. The Hall–Kier alpha value is -2.39. The van der Waals surface area contributed by atoms with Crippen molar-refractivity contribution < 1.29 is 17.6 Å². The number of nitrogens with zero attached hydrogens (tertiary/aromatic N) is 2. The zero-order chi connectivity index (χ0) is 18.5. The lowest BCUT2D eigenvalue weighted by Gasteiger charge is -2.22. The number of amides is 1. The van der Waals surface area contributed by atoms with E-state index < -0.39 is 15.8 Å². The van der Waals surface area contributed by atoms with E-state index >= 15 is 0 Å². The van der Waals surface area contributed by atoms with E-state index in [4.69, 9.17) is 0 Å². The maximum absolute atomic E-state index is 13.4. The number of amidine groups is 1. The molecule has 2 aliphatic heterocycles. The van der Waals surface area contributed by atoms with Crippen molar-refractivity contribution in [2.24, 2.45) is 4.40 Å². The van der Waals surface area contributed by atoms with Crippen LogP contribution in [0.5, 0.6) is 0 Å². The van der Waals surface area contributed by atoms with Crippen molar-refractivity contribution in [1.29, 1.82) is 0 Å². The van der Waals surface area contributed by atoms with Crippen molar-refractivity contribution in [3.63, 3.8) is 0 Å². The Morgan fingerprint density at radius 1 is 1.27 bits per heavy atom. The van der Waals surface area contributed by atoms with E-state index in [1.54, 1.807) is 31.2 Å². The third-order valence-electron chi connectivity index (χ3n) is 4.18. The SMILES string of the molecule is Cc1ccc(F)cc1NC(=O)c1ccc2c(c1)SC1=NS(=O)(=O)CCN12. The number of sulfonamides is 1. The van der Waals surface area contributed by atoms with Crippen LogP contribution in [0.15, 0.2) is 45.7 Å². The monoisotopic (exact) mass is 391 g/mol. The summed E-state index contributed by atoms with van der Waals surface area (Å²) in [4.78, 5) is 15.1. The molecular formula is C17H14FN3O3S2. The smallest absolute Gasteiger partial charge is 0.257 e. The molecule has 0 saturated carbocycles. The molecule has 0 spiro atoms. The summed E-state index contributed by atoms with van der Waals surface area (Å²) >= 11 is 1.22. The zero-order valence-corrected chi connectivity index (χ0v) is 15.3. The van der Waals surface area contributed by atoms with E-state index in [0.717, 1.165) is 16.1 Å². The molecule has 26 heavy (non-hydrogen) atoms. The zero-order valence-electron chi connectivity index (χ0n) is 13.7. The van der Waals surface area contributed by atoms with Crippen LogP contribution in [0.1, 0.15) is 15.9 Å². The van der Waals surface area contributed by atoms with Crippen molar-refractivity contribution in [3.8, 4) is 0 Å². The average molecular weight is 391 g/mol. The minimum atomic E-state index is -3.42. The fraction of sp³-hybridized carbons (Fsp3) is 0.176. The molecule has 2 aromatic rings. The molecule has 0 aliphatic carbocycles. The molecule has 1 amide bonds. The predicted octanol–water partition coefficient (Wildman–Crippen LogP) is 3.00. The predicted molar refractivity (Wildman–Crippen MR) is 100.0 cm³/mol. The Kier molecular flexibility index (Phi) is 4.00. The summed E-state index contributed by atoms with van der Waals surface area (Å²) in [6.45, 7) is 2.12. The third-order valence-corrected chi connectivity index (χ3v) is 6.49. The van der Waals surface area contributed by atoms with Crippen LogP contribution in [-0.2, 0) is 10.0 Å². The van der Waals surface area contributed by atoms with Gasteiger partial charge in [0, 0.05) is 22.7 Å². The highest BCUT2D eigenvalue weighted by atomic mass is 32.2. The number of nitrogens with one attached hydrogen (secondary N) is 1. The molecule has 4 rings (SSSR count). The highest BCUT2D eigenvalue weighted by Crippen LogP contribution is 2.42. The van der Waals surface area contributed by atoms with Gasteiger partial charge in [-0.15, -0.1) is 4.40 Å². The molecule has 2 aliphatic rings. The number of benzene rings is 2. The molecule has 6 nitrogen and oxygen atoms in total. The number of thioether (sulfide) groups is 1. The molecule has 2 heterocycles. The Bertz CT molecular complexity index is 1070. The van der Waals surface area contributed by atoms with E-state index in [1.807, 2.05) is 4.90 Å². The minimum absolute atomic E-state index is 0.0302. The summed E-state index contributed by atoms with van der Waals surface area (Å²) in [6.07, 6.45) is 0. The first kappa shape index (κ1) is 17.0. The topological polar surface area (TPSA) is 78.8 Å². The highest BCUT2D eigenvalue weighted by molar-refractivity contribution is 8.15. The first-order chi connectivity index (χ1) is 12.3. The average Bonchev–Trinajstić information content (AvgIpc) is 2.93. The summed E-state index contributed by atoms with van der Waals surface area (Å²) < 4.78 is 40.5. The van der Waals surface area contributed by atoms with Crippen molar-refractivity contribution in [1.82, 2.24) is 0 Å². The first-order valence-corrected chi connectivity index (χ1v) is 10.2. The second kappa shape index (κ2) is 6.10. The van der Waals surface area contributed by atoms with Crippen LogP contribution in [-0.4, -0.2) is 31.8 Å². The normalized spacial score (nSPS) is 17.3. The summed E-state index contributed by atoms with van der Waals surface area (Å²) in [7, 11) is -3.42. The molecule has 0 unspecified atom stereocenters. The van der Waals surface area contributed by atoms with E-state index in [2.05, 4.69) is 9.71 Å². The molecule has 0 bridgehead atoms. The van der Waals surface area contributed by atoms with Gasteiger partial charge in [0.2, 0.25) is 0 Å². The van der Waals surface area contributed by atoms with Crippen LogP contribution in [0.25, 0.3) is 0 Å². The van der Waals surface area contributed by atoms with Gasteiger partial charge in [-0.3, -0.25) is 4.79 Å². The molecule has 2 aromatic carbocycles. The van der Waals surface area contributed by atoms with Crippen LogP contribution in [0.3, 0.4) is 0 Å². The Balaban J connectivity index is 1.61. The van der Waals surface area contributed by atoms with Gasteiger partial charge in [0.1, 0.15) is 5.82 Å². The van der Waals surface area contributed by atoms with Gasteiger partial charge in [0.15, 0.2) is 5.17 Å². The van der Waals surface area contributed by atoms with Crippen molar-refractivity contribution in [2.45, 2.75) is 11.8 Å². The van der Waals surface area contributed by atoms with E-state index in [0.29, 0.717) is 23.0 Å². The maximum Gasteiger partial charge on any atom is 0.257 e. The Labute approximate surface area is 154 Å². The third kappa shape index (κ3) is 3.08. The van der Waals surface area contributed by atoms with Crippen LogP contribution < -0.4 is 10.2 Å². The molecule has 1 N–H and O–H groups in total. The van der Waals surface area contributed by atoms with Crippen LogP contribution in [0, 0.1) is 12.7 Å². The molecule has 0 radical (unpaired) electrons. The van der Waals surface area contributed by atoms with Crippen molar-refractivity contribution >= 4 is 44.2 Å². The van der Waals surface area contributed by atoms with Crippen molar-refractivity contribution in [3.05, 3.63) is 53.3 Å². The van der Waals surface area contributed by atoms with Gasteiger partial charge < -0.3 is 10.2 Å². The van der Waals surface area contributed by atoms with E-state index in [1.165, 1.54) is 23.9 Å². The lowest BCUT2D eigenvalue weighted by molar-refractivity contribution is 0.102. The van der Waals surface area contributed by atoms with Crippen LogP contribution >= 0.6 is 11.8 Å². The van der Waals surface area contributed by atoms with Gasteiger partial charge in [0.05, 0.1) is 11.4 Å². The van der Waals surface area contributed by atoms with Crippen LogP contribution in [0.4, 0.5) is 15.8 Å². The standard InChI is InChI=1S/C17H14FN3O3S2/c1-10-2-4-12(18)9-13(10)19-16(22)11-3-5-14-15(8-11)25-17-20-26(23,24)7-6-21(14)17/h2-5,8-9H,6-7H2,1H3,(H,19,22). The first-order valence-electron chi connectivity index (χ1n) is 7.82. The lowest BCUT2D eigenvalue weighted by atomic mass is 10.1. The molecule has 0 fully saturated rings. The summed E-state index contributed by atoms with van der Waals surface area (Å²) in [5.74, 6) is -0.814. The van der Waals surface area contributed by atoms with Gasteiger partial charge in [-0.25, -0.2) is 12.8 Å². The number of carbonyl (C=O) groups excluding carboxylic acids is 1. The lowest BCUT2D eigenvalue weighted by Crippen LogP contribution is -2.35. The van der Waals surface area contributed by atoms with Gasteiger partial charge >= 0.3 is 0 Å². The maximum atomic E-state index is 13.4. The Morgan fingerprint density at radius 3 is 2.88 bits per heavy atom. The number of aryl methyl sites for hydroxylation is 1. The van der Waals surface area contributed by atoms with Gasteiger partial charge in [-0.1, -0.05) is 6.07 Å². The fourth-order valence-corrected chi connectivity index (χ4v) is 5.09. The van der Waals surface area contributed by atoms with Crippen molar-refractivity contribution in [2.75, 3.05) is 22.5 Å². The number of fused-ring (bicyclic) bond motifs is 3. The largest absolute Gasteiger partial charge is 0.322 e. The summed E-state index contributed by atoms with van der Waals surface area (Å²) in [5, 5.41) is 3.11. The van der Waals surface area contributed by atoms with E-state index in [9.17, 15) is 17.6 Å². The molecule has 9 heteroatoms. The number of rotatable bonds is 2. The molecular weight excluding hydrogens is 377 g/mol. The minimum Gasteiger partial charge on any atom is -0.322 e. The quantitative estimate of drug-likeness (QED) is 0.851. The fourth-order valence-electron chi connectivity index (χ4n) is 2.80. The molecule has 0 aromatic heterocycles. The van der Waals surface area contributed by atoms with E-state index in [-0.39, 0.29) is 11.7 Å². The molecule has 134 valence electrons. The number of halogens is 1. The Morgan fingerprint density at radius 2 is 2.08 bits per heavy atom. The molecule has 0 saturated heterocycles. The van der Waals surface area contributed by atoms with Gasteiger partial charge in [-0.05, 0) is 54.6 Å².